The van der Waals surface area contributed by atoms with E-state index in [0.717, 1.165) is 23.1 Å². The number of hydrogen-bond donors (Lipinski definition) is 1. The van der Waals surface area contributed by atoms with Gasteiger partial charge in [-0.25, -0.2) is 12.7 Å². The van der Waals surface area contributed by atoms with Crippen molar-refractivity contribution in [1.29, 1.82) is 0 Å². The monoisotopic (exact) mass is 427 g/mol. The summed E-state index contributed by atoms with van der Waals surface area (Å²) in [4.78, 5) is 15.3. The fourth-order valence-electron chi connectivity index (χ4n) is 3.77. The van der Waals surface area contributed by atoms with Crippen LogP contribution in [0.3, 0.4) is 0 Å². The average Bonchev–Trinajstić information content (AvgIpc) is 2.94. The van der Waals surface area contributed by atoms with Crippen molar-refractivity contribution in [2.24, 2.45) is 0 Å². The van der Waals surface area contributed by atoms with Crippen LogP contribution in [-0.4, -0.2) is 51.0 Å². The van der Waals surface area contributed by atoms with Crippen molar-refractivity contribution in [1.82, 2.24) is 4.31 Å². The Kier molecular flexibility index (Phi) is 5.53. The highest BCUT2D eigenvalue weighted by Gasteiger charge is 2.45. The zero-order valence-electron chi connectivity index (χ0n) is 17.0. The van der Waals surface area contributed by atoms with Gasteiger partial charge in [-0.2, -0.15) is 0 Å². The summed E-state index contributed by atoms with van der Waals surface area (Å²) in [6.45, 7) is 6.44. The molecule has 1 saturated heterocycles. The molecule has 8 heteroatoms. The number of benzene rings is 2. The number of rotatable bonds is 5. The molecule has 0 bridgehead atoms. The second kappa shape index (κ2) is 8.12. The van der Waals surface area contributed by atoms with Crippen molar-refractivity contribution >= 4 is 32.2 Å². The molecule has 2 aromatic carbocycles. The van der Waals surface area contributed by atoms with Crippen molar-refractivity contribution < 1.29 is 17.9 Å². The molecule has 0 atom stereocenters. The maximum absolute atomic E-state index is 13.2. The Hall–Kier alpha value is -2.84. The van der Waals surface area contributed by atoms with Gasteiger partial charge in [0, 0.05) is 30.5 Å². The minimum atomic E-state index is -3.95. The third-order valence-electron chi connectivity index (χ3n) is 5.18. The molecule has 30 heavy (non-hydrogen) atoms. The fraction of sp³-hybridized carbons (Fsp3) is 0.318. The molecule has 0 aliphatic carbocycles. The van der Waals surface area contributed by atoms with Gasteiger partial charge in [0.1, 0.15) is 10.6 Å². The third-order valence-corrected chi connectivity index (χ3v) is 7.24. The molecule has 2 aliphatic rings. The molecule has 0 spiro atoms. The lowest BCUT2D eigenvalue weighted by Gasteiger charge is -2.29. The number of ether oxygens (including phenoxy) is 1. The Morgan fingerprint density at radius 1 is 0.967 bits per heavy atom. The molecule has 1 fully saturated rings. The van der Waals surface area contributed by atoms with Crippen molar-refractivity contribution in [3.8, 4) is 0 Å². The number of carbonyl (C=O) groups excluding carboxylic acids is 1. The second-order valence-corrected chi connectivity index (χ2v) is 9.29. The molecule has 0 radical (unpaired) electrons. The van der Waals surface area contributed by atoms with Crippen LogP contribution in [0.1, 0.15) is 19.4 Å². The second-order valence-electron chi connectivity index (χ2n) is 7.54. The third kappa shape index (κ3) is 3.68. The predicted molar refractivity (Wildman–Crippen MR) is 117 cm³/mol. The summed E-state index contributed by atoms with van der Waals surface area (Å²) < 4.78 is 32.7. The molecule has 1 amide bonds. The van der Waals surface area contributed by atoms with E-state index in [0.29, 0.717) is 24.5 Å². The molecular weight excluding hydrogens is 402 g/mol. The van der Waals surface area contributed by atoms with E-state index in [2.05, 4.69) is 10.2 Å². The van der Waals surface area contributed by atoms with E-state index in [-0.39, 0.29) is 10.6 Å². The van der Waals surface area contributed by atoms with Crippen molar-refractivity contribution in [3.63, 3.8) is 0 Å². The largest absolute Gasteiger partial charge is 0.378 e. The van der Waals surface area contributed by atoms with Crippen molar-refractivity contribution in [2.75, 3.05) is 36.5 Å². The quantitative estimate of drug-likeness (QED) is 0.791. The van der Waals surface area contributed by atoms with Crippen molar-refractivity contribution in [2.45, 2.75) is 19.9 Å². The van der Waals surface area contributed by atoms with Crippen LogP contribution in [0.2, 0.25) is 0 Å². The van der Waals surface area contributed by atoms with Gasteiger partial charge in [0.15, 0.2) is 0 Å². The van der Waals surface area contributed by atoms with E-state index in [4.69, 9.17) is 4.74 Å². The first-order chi connectivity index (χ1) is 14.4. The van der Waals surface area contributed by atoms with Gasteiger partial charge in [0.25, 0.3) is 15.9 Å². The summed E-state index contributed by atoms with van der Waals surface area (Å²) in [5.74, 6) is -0.541. The number of anilines is 2. The Labute approximate surface area is 177 Å². The highest BCUT2D eigenvalue weighted by molar-refractivity contribution is 7.99. The topological polar surface area (TPSA) is 79.0 Å². The molecule has 0 aromatic heterocycles. The lowest BCUT2D eigenvalue weighted by Crippen LogP contribution is -2.38. The van der Waals surface area contributed by atoms with Crippen molar-refractivity contribution in [3.05, 3.63) is 65.9 Å². The predicted octanol–water partition coefficient (Wildman–Crippen LogP) is 2.88. The average molecular weight is 428 g/mol. The normalized spacial score (nSPS) is 19.0. The van der Waals surface area contributed by atoms with E-state index in [1.54, 1.807) is 38.1 Å². The zero-order valence-corrected chi connectivity index (χ0v) is 17.9. The van der Waals surface area contributed by atoms with E-state index in [9.17, 15) is 13.2 Å². The minimum absolute atomic E-state index is 0.0130. The number of nitrogens with zero attached hydrogens (tertiary/aromatic N) is 2. The van der Waals surface area contributed by atoms with Crippen LogP contribution in [0.4, 0.5) is 11.4 Å². The highest BCUT2D eigenvalue weighted by Crippen LogP contribution is 2.37. The van der Waals surface area contributed by atoms with Gasteiger partial charge in [-0.3, -0.25) is 4.79 Å². The molecule has 2 aromatic rings. The number of carbonyl (C=O) groups is 1. The number of sulfonamides is 1. The first-order valence-corrected chi connectivity index (χ1v) is 11.4. The van der Waals surface area contributed by atoms with Gasteiger partial charge in [-0.05, 0) is 43.7 Å². The first kappa shape index (κ1) is 20.4. The van der Waals surface area contributed by atoms with Gasteiger partial charge in [-0.15, -0.1) is 0 Å². The molecule has 2 heterocycles. The maximum Gasteiger partial charge on any atom is 0.285 e. The Bertz CT molecular complexity index is 1060. The van der Waals surface area contributed by atoms with Crippen LogP contribution in [0.15, 0.2) is 60.3 Å². The Balaban J connectivity index is 1.70. The molecule has 0 unspecified atom stereocenters. The Morgan fingerprint density at radius 3 is 2.20 bits per heavy atom. The molecular formula is C22H25N3O4S. The lowest BCUT2D eigenvalue weighted by molar-refractivity contribution is -0.123. The Morgan fingerprint density at radius 2 is 1.60 bits per heavy atom. The van der Waals surface area contributed by atoms with Gasteiger partial charge < -0.3 is 15.0 Å². The number of amides is 1. The molecule has 1 N–H and O–H groups in total. The number of nitrogens with one attached hydrogen (secondary N) is 1. The minimum Gasteiger partial charge on any atom is -0.378 e. The van der Waals surface area contributed by atoms with Gasteiger partial charge in [0.2, 0.25) is 0 Å². The van der Waals surface area contributed by atoms with Crippen LogP contribution < -0.4 is 10.2 Å². The van der Waals surface area contributed by atoms with E-state index in [1.165, 1.54) is 0 Å². The highest BCUT2D eigenvalue weighted by atomic mass is 32.2. The maximum atomic E-state index is 13.2. The molecule has 7 nitrogen and oxygen atoms in total. The summed E-state index contributed by atoms with van der Waals surface area (Å²) in [7, 11) is -3.95. The SMILES string of the molecule is CC(C)N1C(=O)C(Nc2ccc(N3CCOCC3)cc2)=C(c2ccccc2)S1(=O)=O. The first-order valence-electron chi connectivity index (χ1n) is 9.98. The van der Waals surface area contributed by atoms with Crippen LogP contribution in [0.25, 0.3) is 4.91 Å². The summed E-state index contributed by atoms with van der Waals surface area (Å²) in [5.41, 5.74) is 2.29. The molecule has 158 valence electrons. The number of hydrogen-bond acceptors (Lipinski definition) is 6. The zero-order chi connectivity index (χ0) is 21.3. The summed E-state index contributed by atoms with van der Waals surface area (Å²) >= 11 is 0. The van der Waals surface area contributed by atoms with E-state index >= 15 is 0 Å². The smallest absolute Gasteiger partial charge is 0.285 e. The summed E-state index contributed by atoms with van der Waals surface area (Å²) in [6.07, 6.45) is 0. The van der Waals surface area contributed by atoms with Crippen LogP contribution in [0, 0.1) is 0 Å². The summed E-state index contributed by atoms with van der Waals surface area (Å²) in [5, 5.41) is 3.08. The van der Waals surface area contributed by atoms with Gasteiger partial charge >= 0.3 is 0 Å². The lowest BCUT2D eigenvalue weighted by atomic mass is 10.1. The fourth-order valence-corrected chi connectivity index (χ4v) is 5.66. The molecule has 0 saturated carbocycles. The standard InChI is InChI=1S/C22H25N3O4S/c1-16(2)25-22(26)20(21(30(25,27)28)17-6-4-3-5-7-17)23-18-8-10-19(11-9-18)24-12-14-29-15-13-24/h3-11,16,23H,12-15H2,1-2H3. The molecule has 2 aliphatic heterocycles. The van der Waals surface area contributed by atoms with Gasteiger partial charge in [-0.1, -0.05) is 30.3 Å². The number of morpholine rings is 1. The summed E-state index contributed by atoms with van der Waals surface area (Å²) in [6, 6.07) is 15.9. The van der Waals surface area contributed by atoms with Crippen LogP contribution >= 0.6 is 0 Å². The van der Waals surface area contributed by atoms with E-state index in [1.807, 2.05) is 30.3 Å². The van der Waals surface area contributed by atoms with E-state index < -0.39 is 22.0 Å². The molecule has 4 rings (SSSR count). The van der Waals surface area contributed by atoms with Gasteiger partial charge in [0.05, 0.1) is 13.2 Å². The van der Waals surface area contributed by atoms with Crippen LogP contribution in [-0.2, 0) is 19.6 Å². The van der Waals surface area contributed by atoms with Crippen LogP contribution in [0.5, 0.6) is 0 Å².